The van der Waals surface area contributed by atoms with E-state index in [-0.39, 0.29) is 18.4 Å². The van der Waals surface area contributed by atoms with Crippen LogP contribution in [0.3, 0.4) is 0 Å². The number of amides is 2. The molecule has 2 rings (SSSR count). The van der Waals surface area contributed by atoms with E-state index in [9.17, 15) is 9.59 Å². The van der Waals surface area contributed by atoms with Crippen molar-refractivity contribution in [2.45, 2.75) is 27.4 Å². The summed E-state index contributed by atoms with van der Waals surface area (Å²) in [6.07, 6.45) is 0. The standard InChI is InChI=1S/C17H21N3O4/c1-11-15(12(2)24-20-11)10-23-16-7-5-4-6-14(16)17(22)19-9-8-18-13(3)21/h4-7H,8-10H2,1-3H3,(H,18,21)(H,19,22). The Balaban J connectivity index is 1.99. The number of carbonyl (C=O) groups excluding carboxylic acids is 2. The first-order valence-corrected chi connectivity index (χ1v) is 7.65. The first-order valence-electron chi connectivity index (χ1n) is 7.65. The predicted molar refractivity (Wildman–Crippen MR) is 87.8 cm³/mol. The number of hydrogen-bond acceptors (Lipinski definition) is 5. The van der Waals surface area contributed by atoms with Gasteiger partial charge >= 0.3 is 0 Å². The maximum Gasteiger partial charge on any atom is 0.255 e. The van der Waals surface area contributed by atoms with Crippen LogP contribution in [0.15, 0.2) is 28.8 Å². The van der Waals surface area contributed by atoms with Gasteiger partial charge < -0.3 is 19.9 Å². The molecule has 0 unspecified atom stereocenters. The van der Waals surface area contributed by atoms with Crippen molar-refractivity contribution in [3.63, 3.8) is 0 Å². The van der Waals surface area contributed by atoms with E-state index in [4.69, 9.17) is 9.26 Å². The summed E-state index contributed by atoms with van der Waals surface area (Å²) >= 11 is 0. The van der Waals surface area contributed by atoms with Crippen LogP contribution in [0, 0.1) is 13.8 Å². The molecule has 24 heavy (non-hydrogen) atoms. The van der Waals surface area contributed by atoms with Crippen LogP contribution in [0.4, 0.5) is 0 Å². The molecule has 0 radical (unpaired) electrons. The van der Waals surface area contributed by atoms with Crippen molar-refractivity contribution in [2.75, 3.05) is 13.1 Å². The number of carbonyl (C=O) groups is 2. The van der Waals surface area contributed by atoms with Gasteiger partial charge in [0.05, 0.1) is 16.8 Å². The third-order valence-electron chi connectivity index (χ3n) is 3.47. The molecule has 0 aliphatic heterocycles. The Kier molecular flexibility index (Phi) is 5.95. The molecule has 0 aliphatic carbocycles. The molecule has 2 aromatic rings. The molecule has 0 bridgehead atoms. The highest BCUT2D eigenvalue weighted by molar-refractivity contribution is 5.96. The van der Waals surface area contributed by atoms with Crippen molar-refractivity contribution in [2.24, 2.45) is 0 Å². The maximum absolute atomic E-state index is 12.3. The SMILES string of the molecule is CC(=O)NCCNC(=O)c1ccccc1OCc1c(C)noc1C. The minimum atomic E-state index is -0.255. The summed E-state index contributed by atoms with van der Waals surface area (Å²) in [7, 11) is 0. The fourth-order valence-electron chi connectivity index (χ4n) is 2.15. The van der Waals surface area contributed by atoms with Crippen LogP contribution >= 0.6 is 0 Å². The van der Waals surface area contributed by atoms with E-state index in [1.54, 1.807) is 24.3 Å². The van der Waals surface area contributed by atoms with Crippen LogP contribution in [0.25, 0.3) is 0 Å². The number of aromatic nitrogens is 1. The van der Waals surface area contributed by atoms with E-state index in [0.29, 0.717) is 30.2 Å². The summed E-state index contributed by atoms with van der Waals surface area (Å²) < 4.78 is 10.9. The minimum Gasteiger partial charge on any atom is -0.488 e. The molecular weight excluding hydrogens is 310 g/mol. The molecule has 1 aromatic carbocycles. The number of benzene rings is 1. The Morgan fingerprint density at radius 3 is 2.54 bits per heavy atom. The summed E-state index contributed by atoms with van der Waals surface area (Å²) in [5.74, 6) is 0.793. The largest absolute Gasteiger partial charge is 0.488 e. The van der Waals surface area contributed by atoms with Gasteiger partial charge in [0.15, 0.2) is 0 Å². The third kappa shape index (κ3) is 4.58. The highest BCUT2D eigenvalue weighted by Crippen LogP contribution is 2.21. The fourth-order valence-corrected chi connectivity index (χ4v) is 2.15. The topological polar surface area (TPSA) is 93.5 Å². The number of nitrogens with one attached hydrogen (secondary N) is 2. The van der Waals surface area contributed by atoms with E-state index in [1.807, 2.05) is 13.8 Å². The van der Waals surface area contributed by atoms with Crippen molar-refractivity contribution in [1.29, 1.82) is 0 Å². The van der Waals surface area contributed by atoms with E-state index >= 15 is 0 Å². The van der Waals surface area contributed by atoms with Gasteiger partial charge in [0.2, 0.25) is 5.91 Å². The molecule has 7 nitrogen and oxygen atoms in total. The van der Waals surface area contributed by atoms with Crippen LogP contribution in [0.2, 0.25) is 0 Å². The molecule has 2 N–H and O–H groups in total. The lowest BCUT2D eigenvalue weighted by Gasteiger charge is -2.11. The summed E-state index contributed by atoms with van der Waals surface area (Å²) in [4.78, 5) is 23.1. The van der Waals surface area contributed by atoms with Gasteiger partial charge in [-0.15, -0.1) is 0 Å². The summed E-state index contributed by atoms with van der Waals surface area (Å²) in [5.41, 5.74) is 2.08. The molecule has 0 saturated heterocycles. The molecule has 7 heteroatoms. The number of rotatable bonds is 7. The van der Waals surface area contributed by atoms with Gasteiger partial charge in [-0.1, -0.05) is 17.3 Å². The number of hydrogen-bond donors (Lipinski definition) is 2. The number of aryl methyl sites for hydroxylation is 2. The van der Waals surface area contributed by atoms with Crippen molar-refractivity contribution < 1.29 is 18.8 Å². The van der Waals surface area contributed by atoms with Crippen LogP contribution in [0.5, 0.6) is 5.75 Å². The number of ether oxygens (including phenoxy) is 1. The van der Waals surface area contributed by atoms with Crippen molar-refractivity contribution in [1.82, 2.24) is 15.8 Å². The summed E-state index contributed by atoms with van der Waals surface area (Å²) in [6.45, 7) is 6.09. The van der Waals surface area contributed by atoms with Gasteiger partial charge in [-0.25, -0.2) is 0 Å². The molecule has 2 amide bonds. The Bertz CT molecular complexity index is 705. The first kappa shape index (κ1) is 17.5. The lowest BCUT2D eigenvalue weighted by molar-refractivity contribution is -0.118. The zero-order chi connectivity index (χ0) is 17.5. The molecule has 1 aromatic heterocycles. The van der Waals surface area contributed by atoms with Gasteiger partial charge in [0.1, 0.15) is 18.1 Å². The summed E-state index contributed by atoms with van der Waals surface area (Å²) in [5, 5.41) is 9.25. The van der Waals surface area contributed by atoms with Gasteiger partial charge in [-0.05, 0) is 26.0 Å². The van der Waals surface area contributed by atoms with Gasteiger partial charge in [0, 0.05) is 20.0 Å². The predicted octanol–water partition coefficient (Wildman–Crippen LogP) is 1.74. The maximum atomic E-state index is 12.3. The zero-order valence-electron chi connectivity index (χ0n) is 14.0. The normalized spacial score (nSPS) is 10.3. The molecule has 0 atom stereocenters. The highest BCUT2D eigenvalue weighted by atomic mass is 16.5. The average Bonchev–Trinajstić information content (AvgIpc) is 2.88. The first-order chi connectivity index (χ1) is 11.5. The molecule has 128 valence electrons. The van der Waals surface area contributed by atoms with Crippen molar-refractivity contribution >= 4 is 11.8 Å². The van der Waals surface area contributed by atoms with E-state index in [1.165, 1.54) is 6.92 Å². The Hall–Kier alpha value is -2.83. The van der Waals surface area contributed by atoms with Gasteiger partial charge in [0.25, 0.3) is 5.91 Å². The van der Waals surface area contributed by atoms with Crippen LogP contribution in [-0.4, -0.2) is 30.1 Å². The minimum absolute atomic E-state index is 0.132. The quantitative estimate of drug-likeness (QED) is 0.754. The number of nitrogens with zero attached hydrogens (tertiary/aromatic N) is 1. The fraction of sp³-hybridized carbons (Fsp3) is 0.353. The monoisotopic (exact) mass is 331 g/mol. The van der Waals surface area contributed by atoms with Crippen LogP contribution < -0.4 is 15.4 Å². The smallest absolute Gasteiger partial charge is 0.255 e. The van der Waals surface area contributed by atoms with Crippen molar-refractivity contribution in [3.8, 4) is 5.75 Å². The Morgan fingerprint density at radius 2 is 1.88 bits per heavy atom. The van der Waals surface area contributed by atoms with E-state index < -0.39 is 0 Å². The van der Waals surface area contributed by atoms with Crippen LogP contribution in [0.1, 0.15) is 34.3 Å². The molecular formula is C17H21N3O4. The molecule has 0 fully saturated rings. The second kappa shape index (κ2) is 8.14. The Labute approximate surface area is 140 Å². The van der Waals surface area contributed by atoms with E-state index in [0.717, 1.165) is 11.3 Å². The summed E-state index contributed by atoms with van der Waals surface area (Å²) in [6, 6.07) is 7.00. The zero-order valence-corrected chi connectivity index (χ0v) is 14.0. The molecule has 0 saturated carbocycles. The Morgan fingerprint density at radius 1 is 1.17 bits per heavy atom. The average molecular weight is 331 g/mol. The molecule has 0 aliphatic rings. The molecule has 1 heterocycles. The van der Waals surface area contributed by atoms with E-state index in [2.05, 4.69) is 15.8 Å². The lowest BCUT2D eigenvalue weighted by Crippen LogP contribution is -2.33. The third-order valence-corrected chi connectivity index (χ3v) is 3.47. The molecule has 0 spiro atoms. The van der Waals surface area contributed by atoms with Gasteiger partial charge in [-0.2, -0.15) is 0 Å². The van der Waals surface area contributed by atoms with Crippen LogP contribution in [-0.2, 0) is 11.4 Å². The van der Waals surface area contributed by atoms with Crippen molar-refractivity contribution in [3.05, 3.63) is 46.8 Å². The van der Waals surface area contributed by atoms with Gasteiger partial charge in [-0.3, -0.25) is 9.59 Å². The number of para-hydroxylation sites is 1. The second-order valence-corrected chi connectivity index (χ2v) is 5.33. The second-order valence-electron chi connectivity index (χ2n) is 5.33. The highest BCUT2D eigenvalue weighted by Gasteiger charge is 2.14. The lowest BCUT2D eigenvalue weighted by atomic mass is 10.2.